The molecule has 5 heteroatoms. The highest BCUT2D eigenvalue weighted by Gasteiger charge is 2.36. The van der Waals surface area contributed by atoms with Crippen LogP contribution in [-0.4, -0.2) is 23.3 Å². The lowest BCUT2D eigenvalue weighted by atomic mass is 9.95. The summed E-state index contributed by atoms with van der Waals surface area (Å²) < 4.78 is 14.3. The Morgan fingerprint density at radius 3 is 2.68 bits per heavy atom. The summed E-state index contributed by atoms with van der Waals surface area (Å²) in [7, 11) is 0. The Balaban J connectivity index is 2.23. The van der Waals surface area contributed by atoms with E-state index in [2.05, 4.69) is 15.9 Å². The molecule has 0 aliphatic carbocycles. The van der Waals surface area contributed by atoms with Gasteiger partial charge in [-0.15, -0.1) is 0 Å². The molecule has 1 aliphatic heterocycles. The van der Waals surface area contributed by atoms with E-state index in [1.165, 1.54) is 12.1 Å². The van der Waals surface area contributed by atoms with Crippen molar-refractivity contribution < 1.29 is 14.0 Å². The monoisotopic (exact) mass is 327 g/mol. The fourth-order valence-corrected chi connectivity index (χ4v) is 2.52. The summed E-state index contributed by atoms with van der Waals surface area (Å²) in [6.45, 7) is 4.42. The summed E-state index contributed by atoms with van der Waals surface area (Å²) in [4.78, 5) is 25.2. The van der Waals surface area contributed by atoms with Crippen LogP contribution in [0, 0.1) is 17.7 Å². The SMILES string of the molecule is CC(C)C1CC(=O)N(C(=O)c2ccc(Br)cc2F)C1. The van der Waals surface area contributed by atoms with Gasteiger partial charge >= 0.3 is 0 Å². The topological polar surface area (TPSA) is 37.4 Å². The van der Waals surface area contributed by atoms with E-state index in [4.69, 9.17) is 0 Å². The van der Waals surface area contributed by atoms with Crippen molar-refractivity contribution in [2.75, 3.05) is 6.54 Å². The minimum absolute atomic E-state index is 0.0547. The zero-order valence-electron chi connectivity index (χ0n) is 10.8. The third kappa shape index (κ3) is 2.86. The van der Waals surface area contributed by atoms with E-state index < -0.39 is 11.7 Å². The highest BCUT2D eigenvalue weighted by Crippen LogP contribution is 2.27. The fraction of sp³-hybridized carbons (Fsp3) is 0.429. The van der Waals surface area contributed by atoms with Crippen molar-refractivity contribution in [2.45, 2.75) is 20.3 Å². The van der Waals surface area contributed by atoms with Crippen LogP contribution < -0.4 is 0 Å². The summed E-state index contributed by atoms with van der Waals surface area (Å²) >= 11 is 3.14. The predicted molar refractivity (Wildman–Crippen MR) is 73.1 cm³/mol. The number of nitrogens with zero attached hydrogens (tertiary/aromatic N) is 1. The number of hydrogen-bond donors (Lipinski definition) is 0. The van der Waals surface area contributed by atoms with Crippen LogP contribution in [0.2, 0.25) is 0 Å². The Hall–Kier alpha value is -1.23. The van der Waals surface area contributed by atoms with Crippen molar-refractivity contribution in [1.82, 2.24) is 4.90 Å². The molecule has 1 aromatic carbocycles. The van der Waals surface area contributed by atoms with E-state index in [0.717, 1.165) is 4.90 Å². The van der Waals surface area contributed by atoms with Gasteiger partial charge < -0.3 is 0 Å². The van der Waals surface area contributed by atoms with Gasteiger partial charge in [-0.3, -0.25) is 14.5 Å². The largest absolute Gasteiger partial charge is 0.278 e. The van der Waals surface area contributed by atoms with Crippen LogP contribution in [0.25, 0.3) is 0 Å². The molecule has 1 heterocycles. The van der Waals surface area contributed by atoms with E-state index in [-0.39, 0.29) is 17.4 Å². The van der Waals surface area contributed by atoms with E-state index in [1.807, 2.05) is 13.8 Å². The number of hydrogen-bond acceptors (Lipinski definition) is 2. The third-order valence-electron chi connectivity index (χ3n) is 3.50. The lowest BCUT2D eigenvalue weighted by Gasteiger charge is -2.16. The number of benzene rings is 1. The maximum absolute atomic E-state index is 13.7. The normalized spacial score (nSPS) is 19.3. The summed E-state index contributed by atoms with van der Waals surface area (Å²) in [6.07, 6.45) is 0.363. The van der Waals surface area contributed by atoms with Crippen LogP contribution in [0.1, 0.15) is 30.6 Å². The van der Waals surface area contributed by atoms with Crippen molar-refractivity contribution in [3.05, 3.63) is 34.1 Å². The molecule has 1 unspecified atom stereocenters. The van der Waals surface area contributed by atoms with Crippen LogP contribution in [0.15, 0.2) is 22.7 Å². The molecule has 2 rings (SSSR count). The van der Waals surface area contributed by atoms with E-state index in [1.54, 1.807) is 6.07 Å². The Kier molecular flexibility index (Phi) is 4.04. The van der Waals surface area contributed by atoms with Crippen molar-refractivity contribution >= 4 is 27.7 Å². The molecule has 1 atom stereocenters. The lowest BCUT2D eigenvalue weighted by Crippen LogP contribution is -2.33. The maximum atomic E-state index is 13.7. The molecule has 102 valence electrons. The minimum atomic E-state index is -0.611. The van der Waals surface area contributed by atoms with Gasteiger partial charge in [-0.25, -0.2) is 4.39 Å². The second kappa shape index (κ2) is 5.41. The molecular weight excluding hydrogens is 313 g/mol. The van der Waals surface area contributed by atoms with E-state index in [9.17, 15) is 14.0 Å². The van der Waals surface area contributed by atoms with Crippen LogP contribution in [0.4, 0.5) is 4.39 Å². The molecule has 0 saturated carbocycles. The zero-order valence-corrected chi connectivity index (χ0v) is 12.4. The molecule has 0 spiro atoms. The smallest absolute Gasteiger partial charge is 0.263 e. The van der Waals surface area contributed by atoms with Crippen LogP contribution >= 0.6 is 15.9 Å². The molecule has 3 nitrogen and oxygen atoms in total. The van der Waals surface area contributed by atoms with Gasteiger partial charge in [0, 0.05) is 17.4 Å². The number of carbonyl (C=O) groups is 2. The summed E-state index contributed by atoms with van der Waals surface area (Å²) in [5.41, 5.74) is -0.0547. The third-order valence-corrected chi connectivity index (χ3v) is 4.00. The average Bonchev–Trinajstić information content (AvgIpc) is 2.71. The number of likely N-dealkylation sites (tertiary alicyclic amines) is 1. The van der Waals surface area contributed by atoms with Gasteiger partial charge in [-0.2, -0.15) is 0 Å². The summed E-state index contributed by atoms with van der Waals surface area (Å²) in [6, 6.07) is 4.22. The molecule has 1 fully saturated rings. The first-order valence-corrected chi connectivity index (χ1v) is 6.99. The average molecular weight is 328 g/mol. The van der Waals surface area contributed by atoms with Crippen LogP contribution in [-0.2, 0) is 4.79 Å². The quantitative estimate of drug-likeness (QED) is 0.782. The number of halogens is 2. The Morgan fingerprint density at radius 1 is 1.47 bits per heavy atom. The highest BCUT2D eigenvalue weighted by molar-refractivity contribution is 9.10. The Bertz CT molecular complexity index is 530. The first-order valence-electron chi connectivity index (χ1n) is 6.20. The van der Waals surface area contributed by atoms with E-state index >= 15 is 0 Å². The van der Waals surface area contributed by atoms with Crippen molar-refractivity contribution in [3.8, 4) is 0 Å². The molecule has 0 radical (unpaired) electrons. The van der Waals surface area contributed by atoms with Gasteiger partial charge in [-0.05, 0) is 30.0 Å². The molecule has 19 heavy (non-hydrogen) atoms. The van der Waals surface area contributed by atoms with Gasteiger partial charge in [0.05, 0.1) is 5.56 Å². The number of carbonyl (C=O) groups excluding carboxylic acids is 2. The van der Waals surface area contributed by atoms with Crippen LogP contribution in [0.5, 0.6) is 0 Å². The second-order valence-electron chi connectivity index (χ2n) is 5.14. The number of amides is 2. The fourth-order valence-electron chi connectivity index (χ4n) is 2.19. The molecule has 1 saturated heterocycles. The zero-order chi connectivity index (χ0) is 14.2. The molecule has 0 bridgehead atoms. The molecule has 2 amide bonds. The van der Waals surface area contributed by atoms with Gasteiger partial charge in [0.1, 0.15) is 5.82 Å². The molecular formula is C14H15BrFNO2. The van der Waals surface area contributed by atoms with Gasteiger partial charge in [0.25, 0.3) is 5.91 Å². The summed E-state index contributed by atoms with van der Waals surface area (Å²) in [5.74, 6) is -0.879. The predicted octanol–water partition coefficient (Wildman–Crippen LogP) is 3.23. The standard InChI is InChI=1S/C14H15BrFNO2/c1-8(2)9-5-13(18)17(7-9)14(19)11-4-3-10(15)6-12(11)16/h3-4,6,8-9H,5,7H2,1-2H3. The molecule has 0 N–H and O–H groups in total. The second-order valence-corrected chi connectivity index (χ2v) is 6.06. The van der Waals surface area contributed by atoms with Gasteiger partial charge in [0.2, 0.25) is 5.91 Å². The van der Waals surface area contributed by atoms with Crippen molar-refractivity contribution in [2.24, 2.45) is 11.8 Å². The highest BCUT2D eigenvalue weighted by atomic mass is 79.9. The van der Waals surface area contributed by atoms with Gasteiger partial charge in [0.15, 0.2) is 0 Å². The molecule has 0 aromatic heterocycles. The minimum Gasteiger partial charge on any atom is -0.278 e. The first kappa shape index (κ1) is 14.2. The lowest BCUT2D eigenvalue weighted by molar-refractivity contribution is -0.125. The maximum Gasteiger partial charge on any atom is 0.263 e. The molecule has 1 aliphatic rings. The summed E-state index contributed by atoms with van der Waals surface area (Å²) in [5, 5.41) is 0. The van der Waals surface area contributed by atoms with E-state index in [0.29, 0.717) is 23.4 Å². The Labute approximate surface area is 119 Å². The Morgan fingerprint density at radius 2 is 2.16 bits per heavy atom. The van der Waals surface area contributed by atoms with Crippen LogP contribution in [0.3, 0.4) is 0 Å². The molecule has 1 aromatic rings. The van der Waals surface area contributed by atoms with Crippen molar-refractivity contribution in [3.63, 3.8) is 0 Å². The van der Waals surface area contributed by atoms with Gasteiger partial charge in [-0.1, -0.05) is 29.8 Å². The first-order chi connectivity index (χ1) is 8.90. The number of imide groups is 1. The number of rotatable bonds is 2. The van der Waals surface area contributed by atoms with Crippen molar-refractivity contribution in [1.29, 1.82) is 0 Å².